The molecule has 1 amide bonds. The van der Waals surface area contributed by atoms with Gasteiger partial charge in [-0.2, -0.15) is 0 Å². The fourth-order valence-electron chi connectivity index (χ4n) is 8.06. The van der Waals surface area contributed by atoms with Crippen LogP contribution >= 0.6 is 7.82 Å². The Bertz CT molecular complexity index is 1310. The highest BCUT2D eigenvalue weighted by Gasteiger charge is 2.27. The summed E-state index contributed by atoms with van der Waals surface area (Å²) in [4.78, 5) is 39.8. The van der Waals surface area contributed by atoms with Gasteiger partial charge in [0, 0.05) is 12.8 Å². The Hall–Kier alpha value is -2.03. The minimum atomic E-state index is -4.70. The van der Waals surface area contributed by atoms with Crippen molar-refractivity contribution in [2.75, 3.05) is 40.9 Å². The molecule has 0 aliphatic carbocycles. The van der Waals surface area contributed by atoms with E-state index in [0.717, 1.165) is 77.0 Å². The topological polar surface area (TPSA) is 114 Å². The van der Waals surface area contributed by atoms with E-state index in [1.54, 1.807) is 0 Å². The van der Waals surface area contributed by atoms with Crippen LogP contribution in [0.15, 0.2) is 48.6 Å². The predicted molar refractivity (Wildman–Crippen MR) is 289 cm³/mol. The molecule has 10 heteroatoms. The highest BCUT2D eigenvalue weighted by Crippen LogP contribution is 2.38. The number of nitrogens with one attached hydrogen (secondary N) is 1. The van der Waals surface area contributed by atoms with E-state index in [0.29, 0.717) is 23.9 Å². The minimum Gasteiger partial charge on any atom is -0.756 e. The highest BCUT2D eigenvalue weighted by molar-refractivity contribution is 7.45. The smallest absolute Gasteiger partial charge is 0.306 e. The van der Waals surface area contributed by atoms with Crippen molar-refractivity contribution in [2.45, 2.75) is 270 Å². The van der Waals surface area contributed by atoms with Gasteiger partial charge in [0.05, 0.1) is 33.8 Å². The molecule has 0 rings (SSSR count). The first-order valence-corrected chi connectivity index (χ1v) is 29.9. The molecule has 0 aromatic rings. The summed E-state index contributed by atoms with van der Waals surface area (Å²) < 4.78 is 30.2. The molecule has 0 aliphatic heterocycles. The van der Waals surface area contributed by atoms with Crippen LogP contribution in [-0.4, -0.2) is 69.4 Å². The molecular formula is C58H109N2O7P. The SMILES string of the molecule is CCCCC/C=C\C/C=C\C/C=C\CCCCCCC(=O)NC(COP(=O)([O-])OCC[N+](C)(C)C)C(/C=C/CCCCCCCCCCCC)OC(=O)CCCCCCCCCCCCCCC. The number of hydrogen-bond acceptors (Lipinski definition) is 7. The van der Waals surface area contributed by atoms with Crippen molar-refractivity contribution < 1.29 is 37.3 Å². The van der Waals surface area contributed by atoms with Crippen molar-refractivity contribution in [3.05, 3.63) is 48.6 Å². The van der Waals surface area contributed by atoms with Gasteiger partial charge in [0.25, 0.3) is 7.82 Å². The van der Waals surface area contributed by atoms with Gasteiger partial charge in [0.1, 0.15) is 19.3 Å². The second-order valence-electron chi connectivity index (χ2n) is 20.4. The average molecular weight is 977 g/mol. The quantitative estimate of drug-likeness (QED) is 0.0212. The number of carbonyl (C=O) groups excluding carboxylic acids is 2. The summed E-state index contributed by atoms with van der Waals surface area (Å²) in [6.07, 6.45) is 57.8. The van der Waals surface area contributed by atoms with Gasteiger partial charge in [-0.05, 0) is 70.3 Å². The third-order valence-corrected chi connectivity index (χ3v) is 13.5. The fourth-order valence-corrected chi connectivity index (χ4v) is 8.78. The lowest BCUT2D eigenvalue weighted by Gasteiger charge is -2.30. The normalized spacial score (nSPS) is 14.2. The standard InChI is InChI=1S/C58H109N2O7P/c1-7-10-13-16-19-22-25-28-29-30-31-33-35-38-41-44-47-50-57(61)59-55(54-66-68(63,64)65-53-52-60(4,5)6)56(49-46-43-40-37-34-27-24-21-18-15-12-9-3)67-58(62)51-48-45-42-39-36-32-26-23-20-17-14-11-8-2/h19,22,28-29,31,33,46,49,55-56H,7-18,20-21,23-27,30,32,34-45,47-48,50-54H2,1-6H3,(H-,59,61,63,64)/b22-19-,29-28-,33-31-,49-46+. The van der Waals surface area contributed by atoms with E-state index in [1.807, 2.05) is 33.3 Å². The number of quaternary nitrogens is 1. The molecule has 0 saturated heterocycles. The van der Waals surface area contributed by atoms with Crippen LogP contribution in [0.5, 0.6) is 0 Å². The second kappa shape index (κ2) is 48.6. The Kier molecular flexibility index (Phi) is 47.1. The van der Waals surface area contributed by atoms with Crippen LogP contribution < -0.4 is 10.2 Å². The Morgan fingerprint density at radius 3 is 1.37 bits per heavy atom. The van der Waals surface area contributed by atoms with E-state index < -0.39 is 26.6 Å². The van der Waals surface area contributed by atoms with Crippen LogP contribution in [0.1, 0.15) is 258 Å². The van der Waals surface area contributed by atoms with Gasteiger partial charge in [-0.3, -0.25) is 14.2 Å². The van der Waals surface area contributed by atoms with Crippen molar-refractivity contribution in [1.82, 2.24) is 5.32 Å². The molecule has 0 saturated carbocycles. The molecule has 0 radical (unpaired) electrons. The summed E-state index contributed by atoms with van der Waals surface area (Å²) in [7, 11) is 1.17. The number of phosphoric acid groups is 1. The number of ether oxygens (including phenoxy) is 1. The van der Waals surface area contributed by atoms with Crippen molar-refractivity contribution in [3.63, 3.8) is 0 Å². The molecule has 0 bridgehead atoms. The summed E-state index contributed by atoms with van der Waals surface area (Å²) in [6, 6.07) is -0.896. The fraction of sp³-hybridized carbons (Fsp3) is 0.828. The van der Waals surface area contributed by atoms with E-state index in [2.05, 4.69) is 62.5 Å². The molecule has 398 valence electrons. The number of rotatable bonds is 51. The molecule has 0 aliphatic rings. The largest absolute Gasteiger partial charge is 0.756 e. The molecule has 0 aromatic carbocycles. The summed E-state index contributed by atoms with van der Waals surface area (Å²) in [5.74, 6) is -0.561. The highest BCUT2D eigenvalue weighted by atomic mass is 31.2. The van der Waals surface area contributed by atoms with E-state index >= 15 is 0 Å². The second-order valence-corrected chi connectivity index (χ2v) is 21.9. The molecule has 0 fully saturated rings. The van der Waals surface area contributed by atoms with Crippen molar-refractivity contribution in [1.29, 1.82) is 0 Å². The molecule has 0 aromatic heterocycles. The van der Waals surface area contributed by atoms with E-state index in [9.17, 15) is 19.0 Å². The van der Waals surface area contributed by atoms with Crippen molar-refractivity contribution in [3.8, 4) is 0 Å². The molecule has 0 spiro atoms. The lowest BCUT2D eigenvalue weighted by molar-refractivity contribution is -0.870. The van der Waals surface area contributed by atoms with Crippen molar-refractivity contribution in [2.24, 2.45) is 0 Å². The maximum atomic E-state index is 13.5. The predicted octanol–water partition coefficient (Wildman–Crippen LogP) is 16.3. The zero-order valence-electron chi connectivity index (χ0n) is 45.3. The summed E-state index contributed by atoms with van der Waals surface area (Å²) in [6.45, 7) is 6.80. The third-order valence-electron chi connectivity index (χ3n) is 12.5. The molecular weight excluding hydrogens is 868 g/mol. The van der Waals surface area contributed by atoms with Crippen LogP contribution in [0, 0.1) is 0 Å². The molecule has 1 N–H and O–H groups in total. The number of unbranched alkanes of at least 4 members (excludes halogenated alkanes) is 29. The number of amides is 1. The summed E-state index contributed by atoms with van der Waals surface area (Å²) in [5, 5.41) is 3.01. The van der Waals surface area contributed by atoms with Crippen LogP contribution in [0.25, 0.3) is 0 Å². The monoisotopic (exact) mass is 977 g/mol. The molecule has 3 atom stereocenters. The number of esters is 1. The van der Waals surface area contributed by atoms with E-state index in [4.69, 9.17) is 13.8 Å². The lowest BCUT2D eigenvalue weighted by atomic mass is 10.0. The number of allylic oxidation sites excluding steroid dienone is 7. The first-order chi connectivity index (χ1) is 32.9. The third kappa shape index (κ3) is 49.0. The van der Waals surface area contributed by atoms with Crippen LogP contribution in [0.3, 0.4) is 0 Å². The van der Waals surface area contributed by atoms with Crippen LogP contribution in [0.2, 0.25) is 0 Å². The van der Waals surface area contributed by atoms with E-state index in [1.165, 1.54) is 141 Å². The summed E-state index contributed by atoms with van der Waals surface area (Å²) >= 11 is 0. The Morgan fingerprint density at radius 2 is 0.897 bits per heavy atom. The number of hydrogen-bond donors (Lipinski definition) is 1. The first kappa shape index (κ1) is 66.0. The van der Waals surface area contributed by atoms with Crippen LogP contribution in [0.4, 0.5) is 0 Å². The Balaban J connectivity index is 5.39. The average Bonchev–Trinajstić information content (AvgIpc) is 3.29. The number of carbonyl (C=O) groups is 2. The van der Waals surface area contributed by atoms with E-state index in [-0.39, 0.29) is 24.9 Å². The van der Waals surface area contributed by atoms with Gasteiger partial charge in [-0.1, -0.05) is 224 Å². The zero-order valence-corrected chi connectivity index (χ0v) is 46.2. The zero-order chi connectivity index (χ0) is 50.1. The first-order valence-electron chi connectivity index (χ1n) is 28.4. The lowest BCUT2D eigenvalue weighted by Crippen LogP contribution is -2.47. The molecule has 9 nitrogen and oxygen atoms in total. The van der Waals surface area contributed by atoms with Gasteiger partial charge in [0.2, 0.25) is 5.91 Å². The van der Waals surface area contributed by atoms with Crippen LogP contribution in [-0.2, 0) is 27.9 Å². The Morgan fingerprint density at radius 1 is 0.515 bits per heavy atom. The molecule has 68 heavy (non-hydrogen) atoms. The van der Waals surface area contributed by atoms with Gasteiger partial charge >= 0.3 is 5.97 Å². The maximum absolute atomic E-state index is 13.5. The number of phosphoric ester groups is 1. The number of nitrogens with zero attached hydrogens (tertiary/aromatic N) is 1. The molecule has 0 heterocycles. The molecule has 3 unspecified atom stereocenters. The van der Waals surface area contributed by atoms with Gasteiger partial charge < -0.3 is 28.5 Å². The summed E-state index contributed by atoms with van der Waals surface area (Å²) in [5.41, 5.74) is 0. The Labute approximate surface area is 420 Å². The maximum Gasteiger partial charge on any atom is 0.306 e. The van der Waals surface area contributed by atoms with Gasteiger partial charge in [-0.15, -0.1) is 0 Å². The van der Waals surface area contributed by atoms with Crippen molar-refractivity contribution >= 4 is 19.7 Å². The van der Waals surface area contributed by atoms with Gasteiger partial charge in [-0.25, -0.2) is 0 Å². The number of likely N-dealkylation sites (N-methyl/N-ethyl adjacent to an activating group) is 1. The van der Waals surface area contributed by atoms with Gasteiger partial charge in [0.15, 0.2) is 0 Å². The minimum absolute atomic E-state index is 0.0262.